The van der Waals surface area contributed by atoms with Gasteiger partial charge in [0.25, 0.3) is 0 Å². The maximum atomic E-state index is 12.1. The van der Waals surface area contributed by atoms with Crippen LogP contribution >= 0.6 is 0 Å². The molecule has 132 valence electrons. The van der Waals surface area contributed by atoms with Gasteiger partial charge in [-0.05, 0) is 55.8 Å². The minimum atomic E-state index is 0.0893. The molecule has 1 amide bonds. The molecule has 5 nitrogen and oxygen atoms in total. The summed E-state index contributed by atoms with van der Waals surface area (Å²) in [6, 6.07) is 8.40. The van der Waals surface area contributed by atoms with Gasteiger partial charge >= 0.3 is 0 Å². The molecule has 1 atom stereocenters. The van der Waals surface area contributed by atoms with Crippen LogP contribution < -0.4 is 15.8 Å². The number of piperidine rings is 1. The molecule has 1 aromatic carbocycles. The number of amides is 1. The largest absolute Gasteiger partial charge is 0.493 e. The molecular formula is C19H29N3O2. The molecule has 3 rings (SSSR count). The highest BCUT2D eigenvalue weighted by atomic mass is 16.5. The predicted molar refractivity (Wildman–Crippen MR) is 94.7 cm³/mol. The number of benzene rings is 1. The van der Waals surface area contributed by atoms with Gasteiger partial charge in [-0.25, -0.2) is 0 Å². The first kappa shape index (κ1) is 17.2. The van der Waals surface area contributed by atoms with Crippen LogP contribution in [0.2, 0.25) is 0 Å². The molecule has 5 heteroatoms. The first-order valence-electron chi connectivity index (χ1n) is 9.16. The molecule has 1 heterocycles. The quantitative estimate of drug-likeness (QED) is 0.762. The number of likely N-dealkylation sites (tertiary alicyclic amines) is 1. The molecule has 3 N–H and O–H groups in total. The number of nitrogens with zero attached hydrogens (tertiary/aromatic N) is 1. The molecule has 1 saturated heterocycles. The highest BCUT2D eigenvalue weighted by Crippen LogP contribution is 2.29. The molecule has 1 aliphatic carbocycles. The fraction of sp³-hybridized carbons (Fsp3) is 0.632. The molecule has 24 heavy (non-hydrogen) atoms. The van der Waals surface area contributed by atoms with Crippen molar-refractivity contribution in [2.75, 3.05) is 32.8 Å². The van der Waals surface area contributed by atoms with Crippen molar-refractivity contribution in [2.24, 2.45) is 17.6 Å². The van der Waals surface area contributed by atoms with Gasteiger partial charge in [-0.2, -0.15) is 0 Å². The summed E-state index contributed by atoms with van der Waals surface area (Å²) in [4.78, 5) is 14.5. The van der Waals surface area contributed by atoms with E-state index in [1.54, 1.807) is 0 Å². The summed E-state index contributed by atoms with van der Waals surface area (Å²) in [5.74, 6) is 1.98. The number of carbonyl (C=O) groups is 1. The van der Waals surface area contributed by atoms with E-state index in [0.717, 1.165) is 50.8 Å². The topological polar surface area (TPSA) is 67.6 Å². The molecule has 0 aromatic heterocycles. The molecule has 0 spiro atoms. The van der Waals surface area contributed by atoms with Gasteiger partial charge in [-0.3, -0.25) is 9.69 Å². The normalized spacial score (nSPS) is 21.5. The van der Waals surface area contributed by atoms with Crippen LogP contribution in [0.4, 0.5) is 0 Å². The van der Waals surface area contributed by atoms with Crippen molar-refractivity contribution in [3.8, 4) is 5.75 Å². The summed E-state index contributed by atoms with van der Waals surface area (Å²) in [7, 11) is 0. The van der Waals surface area contributed by atoms with Gasteiger partial charge < -0.3 is 15.8 Å². The lowest BCUT2D eigenvalue weighted by molar-refractivity contribution is -0.126. The minimum Gasteiger partial charge on any atom is -0.493 e. The molecule has 1 saturated carbocycles. The number of nitrogens with two attached hydrogens (primary N) is 1. The Morgan fingerprint density at radius 3 is 2.75 bits per heavy atom. The SMILES string of the molecule is NCCNC(=O)C1CCCN(Cc2ccc(OCC3CC3)cc2)C1. The van der Waals surface area contributed by atoms with Crippen molar-refractivity contribution in [1.82, 2.24) is 10.2 Å². The Bertz CT molecular complexity index is 528. The van der Waals surface area contributed by atoms with Crippen LogP contribution in [-0.4, -0.2) is 43.6 Å². The predicted octanol–water partition coefficient (Wildman–Crippen LogP) is 1.76. The minimum absolute atomic E-state index is 0.0893. The van der Waals surface area contributed by atoms with E-state index in [4.69, 9.17) is 10.5 Å². The summed E-state index contributed by atoms with van der Waals surface area (Å²) >= 11 is 0. The second-order valence-electron chi connectivity index (χ2n) is 7.05. The summed E-state index contributed by atoms with van der Waals surface area (Å²) in [6.07, 6.45) is 4.67. The molecule has 1 aliphatic heterocycles. The summed E-state index contributed by atoms with van der Waals surface area (Å²) < 4.78 is 5.78. The fourth-order valence-electron chi connectivity index (χ4n) is 3.20. The zero-order valence-electron chi connectivity index (χ0n) is 14.4. The van der Waals surface area contributed by atoms with Crippen molar-refractivity contribution < 1.29 is 9.53 Å². The van der Waals surface area contributed by atoms with Crippen molar-refractivity contribution in [3.05, 3.63) is 29.8 Å². The summed E-state index contributed by atoms with van der Waals surface area (Å²) in [5, 5.41) is 2.91. The smallest absolute Gasteiger partial charge is 0.224 e. The lowest BCUT2D eigenvalue weighted by Gasteiger charge is -2.32. The van der Waals surface area contributed by atoms with Gasteiger partial charge in [0, 0.05) is 26.2 Å². The van der Waals surface area contributed by atoms with Crippen LogP contribution in [0.25, 0.3) is 0 Å². The van der Waals surface area contributed by atoms with Crippen molar-refractivity contribution >= 4 is 5.91 Å². The molecule has 0 bridgehead atoms. The Morgan fingerprint density at radius 2 is 2.04 bits per heavy atom. The Labute approximate surface area is 144 Å². The number of carbonyl (C=O) groups excluding carboxylic acids is 1. The van der Waals surface area contributed by atoms with Crippen LogP contribution in [0.3, 0.4) is 0 Å². The van der Waals surface area contributed by atoms with Gasteiger partial charge in [0.1, 0.15) is 5.75 Å². The molecule has 1 unspecified atom stereocenters. The average Bonchev–Trinajstić information content (AvgIpc) is 3.44. The number of hydrogen-bond donors (Lipinski definition) is 2. The third-order valence-corrected chi connectivity index (χ3v) is 4.83. The summed E-state index contributed by atoms with van der Waals surface area (Å²) in [5.41, 5.74) is 6.73. The van der Waals surface area contributed by atoms with E-state index in [1.807, 2.05) is 0 Å². The third-order valence-electron chi connectivity index (χ3n) is 4.83. The number of rotatable bonds is 8. The van der Waals surface area contributed by atoms with Gasteiger partial charge in [-0.1, -0.05) is 12.1 Å². The average molecular weight is 331 g/mol. The van der Waals surface area contributed by atoms with Crippen LogP contribution in [0.5, 0.6) is 5.75 Å². The molecule has 2 aliphatic rings. The maximum Gasteiger partial charge on any atom is 0.224 e. The van der Waals surface area contributed by atoms with Gasteiger partial charge in [-0.15, -0.1) is 0 Å². The van der Waals surface area contributed by atoms with E-state index in [1.165, 1.54) is 18.4 Å². The van der Waals surface area contributed by atoms with Gasteiger partial charge in [0.05, 0.1) is 12.5 Å². The Balaban J connectivity index is 1.46. The monoisotopic (exact) mass is 331 g/mol. The van der Waals surface area contributed by atoms with E-state index in [2.05, 4.69) is 34.5 Å². The highest BCUT2D eigenvalue weighted by Gasteiger charge is 2.25. The van der Waals surface area contributed by atoms with Crippen molar-refractivity contribution in [1.29, 1.82) is 0 Å². The van der Waals surface area contributed by atoms with E-state index in [-0.39, 0.29) is 11.8 Å². The lowest BCUT2D eigenvalue weighted by Crippen LogP contribution is -2.43. The third kappa shape index (κ3) is 5.21. The summed E-state index contributed by atoms with van der Waals surface area (Å²) in [6.45, 7) is 4.70. The zero-order valence-corrected chi connectivity index (χ0v) is 14.4. The first-order valence-corrected chi connectivity index (χ1v) is 9.16. The number of nitrogens with one attached hydrogen (secondary N) is 1. The van der Waals surface area contributed by atoms with Crippen molar-refractivity contribution in [3.63, 3.8) is 0 Å². The van der Waals surface area contributed by atoms with Gasteiger partial charge in [0.2, 0.25) is 5.91 Å². The Hall–Kier alpha value is -1.59. The molecular weight excluding hydrogens is 302 g/mol. The standard InChI is InChI=1S/C19H29N3O2/c20-9-10-21-19(23)17-2-1-11-22(13-17)12-15-5-7-18(8-6-15)24-14-16-3-4-16/h5-8,16-17H,1-4,9-14,20H2,(H,21,23). The molecule has 1 aromatic rings. The Morgan fingerprint density at radius 1 is 1.25 bits per heavy atom. The van der Waals surface area contributed by atoms with E-state index < -0.39 is 0 Å². The highest BCUT2D eigenvalue weighted by molar-refractivity contribution is 5.78. The van der Waals surface area contributed by atoms with Crippen molar-refractivity contribution in [2.45, 2.75) is 32.2 Å². The van der Waals surface area contributed by atoms with Crippen LogP contribution in [0.15, 0.2) is 24.3 Å². The second kappa shape index (κ2) is 8.49. The number of ether oxygens (including phenoxy) is 1. The fourth-order valence-corrected chi connectivity index (χ4v) is 3.20. The van der Waals surface area contributed by atoms with E-state index >= 15 is 0 Å². The Kier molecular flexibility index (Phi) is 6.10. The van der Waals surface area contributed by atoms with Crippen LogP contribution in [0.1, 0.15) is 31.2 Å². The lowest BCUT2D eigenvalue weighted by atomic mass is 9.96. The van der Waals surface area contributed by atoms with E-state index in [9.17, 15) is 4.79 Å². The number of hydrogen-bond acceptors (Lipinski definition) is 4. The molecule has 2 fully saturated rings. The van der Waals surface area contributed by atoms with E-state index in [0.29, 0.717) is 13.1 Å². The van der Waals surface area contributed by atoms with Crippen LogP contribution in [-0.2, 0) is 11.3 Å². The van der Waals surface area contributed by atoms with Gasteiger partial charge in [0.15, 0.2) is 0 Å². The van der Waals surface area contributed by atoms with Crippen LogP contribution in [0, 0.1) is 11.8 Å². The maximum absolute atomic E-state index is 12.1. The second-order valence-corrected chi connectivity index (χ2v) is 7.05. The zero-order chi connectivity index (χ0) is 16.8. The first-order chi connectivity index (χ1) is 11.7. The molecule has 0 radical (unpaired) electrons.